The van der Waals surface area contributed by atoms with Crippen molar-refractivity contribution >= 4 is 28.2 Å². The first kappa shape index (κ1) is 14.6. The van der Waals surface area contributed by atoms with E-state index in [2.05, 4.69) is 10.3 Å². The molecule has 1 heterocycles. The number of hydrogen-bond acceptors (Lipinski definition) is 4. The van der Waals surface area contributed by atoms with Crippen LogP contribution in [0.3, 0.4) is 0 Å². The molecule has 1 aromatic heterocycles. The first-order valence-corrected chi connectivity index (χ1v) is 7.64. The topological polar surface area (TPSA) is 54.4 Å². The zero-order valence-electron chi connectivity index (χ0n) is 11.8. The van der Waals surface area contributed by atoms with Crippen LogP contribution in [0.4, 0.5) is 5.69 Å². The lowest BCUT2D eigenvalue weighted by molar-refractivity contribution is 0.0386. The highest BCUT2D eigenvalue weighted by Gasteiger charge is 2.21. The van der Waals surface area contributed by atoms with E-state index in [0.717, 1.165) is 29.1 Å². The average molecular weight is 307 g/mol. The third-order valence-electron chi connectivity index (χ3n) is 3.59. The van der Waals surface area contributed by atoms with Gasteiger partial charge in [0.15, 0.2) is 0 Å². The van der Waals surface area contributed by atoms with E-state index in [1.165, 1.54) is 12.8 Å². The summed E-state index contributed by atoms with van der Waals surface area (Å²) in [6, 6.07) is 7.50. The summed E-state index contributed by atoms with van der Waals surface area (Å²) < 4.78 is 5.49. The van der Waals surface area contributed by atoms with Crippen molar-refractivity contribution in [2.45, 2.75) is 18.9 Å². The molecule has 0 amide bonds. The van der Waals surface area contributed by atoms with E-state index in [1.807, 2.05) is 24.3 Å². The SMILES string of the molecule is O[C@H](CNc1ccnc2cc(Cl)ccc12)COCC1CC1. The molecule has 2 aromatic rings. The average Bonchev–Trinajstić information content (AvgIpc) is 3.29. The number of nitrogens with zero attached hydrogens (tertiary/aromatic N) is 1. The molecule has 0 spiro atoms. The van der Waals surface area contributed by atoms with E-state index >= 15 is 0 Å². The van der Waals surface area contributed by atoms with Crippen molar-refractivity contribution in [1.29, 1.82) is 0 Å². The van der Waals surface area contributed by atoms with Crippen molar-refractivity contribution < 1.29 is 9.84 Å². The molecule has 0 unspecified atom stereocenters. The molecule has 21 heavy (non-hydrogen) atoms. The van der Waals surface area contributed by atoms with Crippen molar-refractivity contribution in [2.24, 2.45) is 5.92 Å². The second-order valence-corrected chi connectivity index (χ2v) is 5.97. The summed E-state index contributed by atoms with van der Waals surface area (Å²) in [4.78, 5) is 4.29. The minimum absolute atomic E-state index is 0.373. The van der Waals surface area contributed by atoms with E-state index in [-0.39, 0.29) is 0 Å². The molecular formula is C16H19ClN2O2. The van der Waals surface area contributed by atoms with Gasteiger partial charge < -0.3 is 15.2 Å². The number of ether oxygens (including phenoxy) is 1. The Balaban J connectivity index is 1.56. The fraction of sp³-hybridized carbons (Fsp3) is 0.438. The minimum atomic E-state index is -0.515. The van der Waals surface area contributed by atoms with Crippen LogP contribution in [0.5, 0.6) is 0 Å². The molecule has 0 aliphatic heterocycles. The molecule has 2 N–H and O–H groups in total. The summed E-state index contributed by atoms with van der Waals surface area (Å²) in [5.74, 6) is 0.721. The molecule has 1 aliphatic carbocycles. The second kappa shape index (κ2) is 6.60. The number of fused-ring (bicyclic) bond motifs is 1. The fourth-order valence-electron chi connectivity index (χ4n) is 2.22. The predicted octanol–water partition coefficient (Wildman–Crippen LogP) is 3.09. The van der Waals surface area contributed by atoms with Crippen LogP contribution >= 0.6 is 11.6 Å². The van der Waals surface area contributed by atoms with E-state index in [9.17, 15) is 5.11 Å². The highest BCUT2D eigenvalue weighted by molar-refractivity contribution is 6.31. The van der Waals surface area contributed by atoms with Crippen LogP contribution in [0, 0.1) is 5.92 Å². The van der Waals surface area contributed by atoms with Crippen LogP contribution < -0.4 is 5.32 Å². The van der Waals surface area contributed by atoms with Gasteiger partial charge in [0.25, 0.3) is 0 Å². The van der Waals surface area contributed by atoms with Gasteiger partial charge in [-0.1, -0.05) is 11.6 Å². The van der Waals surface area contributed by atoms with Crippen LogP contribution in [-0.2, 0) is 4.74 Å². The number of benzene rings is 1. The van der Waals surface area contributed by atoms with Crippen LogP contribution in [0.15, 0.2) is 30.5 Å². The van der Waals surface area contributed by atoms with E-state index in [1.54, 1.807) is 6.20 Å². The summed E-state index contributed by atoms with van der Waals surface area (Å²) in [5, 5.41) is 14.8. The number of rotatable bonds is 7. The smallest absolute Gasteiger partial charge is 0.0945 e. The number of aromatic nitrogens is 1. The number of hydrogen-bond donors (Lipinski definition) is 2. The fourth-order valence-corrected chi connectivity index (χ4v) is 2.38. The summed E-state index contributed by atoms with van der Waals surface area (Å²) in [7, 11) is 0. The lowest BCUT2D eigenvalue weighted by Gasteiger charge is -2.14. The largest absolute Gasteiger partial charge is 0.389 e. The van der Waals surface area contributed by atoms with Gasteiger partial charge in [-0.3, -0.25) is 4.98 Å². The molecule has 1 fully saturated rings. The first-order valence-electron chi connectivity index (χ1n) is 7.26. The van der Waals surface area contributed by atoms with E-state index in [4.69, 9.17) is 16.3 Å². The molecule has 1 saturated carbocycles. The van der Waals surface area contributed by atoms with Gasteiger partial charge in [0.2, 0.25) is 0 Å². The van der Waals surface area contributed by atoms with Gasteiger partial charge in [-0.25, -0.2) is 0 Å². The Labute approximate surface area is 129 Å². The molecule has 1 aliphatic rings. The highest BCUT2D eigenvalue weighted by atomic mass is 35.5. The summed E-state index contributed by atoms with van der Waals surface area (Å²) in [5.41, 5.74) is 1.78. The molecule has 1 atom stereocenters. The van der Waals surface area contributed by atoms with Gasteiger partial charge in [0, 0.05) is 35.4 Å². The maximum absolute atomic E-state index is 9.94. The number of nitrogens with one attached hydrogen (secondary N) is 1. The highest BCUT2D eigenvalue weighted by Crippen LogP contribution is 2.28. The molecule has 0 radical (unpaired) electrons. The molecule has 0 saturated heterocycles. The standard InChI is InChI=1S/C16H19ClN2O2/c17-12-3-4-14-15(5-6-18-16(14)7-12)19-8-13(20)10-21-9-11-1-2-11/h3-7,11,13,20H,1-2,8-10H2,(H,18,19)/t13-/m1/s1. The first-order chi connectivity index (χ1) is 10.2. The molecule has 112 valence electrons. The zero-order valence-corrected chi connectivity index (χ0v) is 12.5. The van der Waals surface area contributed by atoms with Crippen molar-refractivity contribution in [3.8, 4) is 0 Å². The summed E-state index contributed by atoms with van der Waals surface area (Å²) in [6.07, 6.45) is 3.75. The summed E-state index contributed by atoms with van der Waals surface area (Å²) >= 11 is 5.97. The Hall–Kier alpha value is -1.36. The molecular weight excluding hydrogens is 288 g/mol. The Kier molecular flexibility index (Phi) is 4.58. The van der Waals surface area contributed by atoms with Crippen LogP contribution in [0.1, 0.15) is 12.8 Å². The van der Waals surface area contributed by atoms with Crippen LogP contribution in [0.25, 0.3) is 10.9 Å². The lowest BCUT2D eigenvalue weighted by atomic mass is 10.2. The quantitative estimate of drug-likeness (QED) is 0.825. The van der Waals surface area contributed by atoms with Gasteiger partial charge in [-0.05, 0) is 43.0 Å². The van der Waals surface area contributed by atoms with Crippen molar-refractivity contribution in [2.75, 3.05) is 25.1 Å². The van der Waals surface area contributed by atoms with Gasteiger partial charge >= 0.3 is 0 Å². The van der Waals surface area contributed by atoms with Crippen LogP contribution in [0.2, 0.25) is 5.02 Å². The van der Waals surface area contributed by atoms with Gasteiger partial charge in [-0.15, -0.1) is 0 Å². The summed E-state index contributed by atoms with van der Waals surface area (Å²) in [6.45, 7) is 1.60. The number of halogens is 1. The number of aliphatic hydroxyl groups is 1. The Bertz CT molecular complexity index is 616. The Morgan fingerprint density at radius 2 is 2.24 bits per heavy atom. The van der Waals surface area contributed by atoms with Gasteiger partial charge in [0.05, 0.1) is 18.2 Å². The van der Waals surface area contributed by atoms with Gasteiger partial charge in [-0.2, -0.15) is 0 Å². The van der Waals surface area contributed by atoms with E-state index < -0.39 is 6.10 Å². The Morgan fingerprint density at radius 3 is 3.05 bits per heavy atom. The normalized spacial score (nSPS) is 16.1. The monoisotopic (exact) mass is 306 g/mol. The third kappa shape index (κ3) is 4.06. The van der Waals surface area contributed by atoms with Crippen LogP contribution in [-0.4, -0.2) is 36.0 Å². The van der Waals surface area contributed by atoms with Gasteiger partial charge in [0.1, 0.15) is 0 Å². The molecule has 3 rings (SSSR count). The molecule has 5 heteroatoms. The Morgan fingerprint density at radius 1 is 1.38 bits per heavy atom. The minimum Gasteiger partial charge on any atom is -0.389 e. The van der Waals surface area contributed by atoms with E-state index in [0.29, 0.717) is 18.2 Å². The van der Waals surface area contributed by atoms with Crippen molar-refractivity contribution in [1.82, 2.24) is 4.98 Å². The predicted molar refractivity (Wildman–Crippen MR) is 84.8 cm³/mol. The molecule has 1 aromatic carbocycles. The lowest BCUT2D eigenvalue weighted by Crippen LogP contribution is -2.25. The maximum Gasteiger partial charge on any atom is 0.0945 e. The van der Waals surface area contributed by atoms with Crippen molar-refractivity contribution in [3.63, 3.8) is 0 Å². The molecule has 0 bridgehead atoms. The zero-order chi connectivity index (χ0) is 14.7. The number of pyridine rings is 1. The van der Waals surface area contributed by atoms with Crippen molar-refractivity contribution in [3.05, 3.63) is 35.5 Å². The molecule has 4 nitrogen and oxygen atoms in total. The maximum atomic E-state index is 9.94. The third-order valence-corrected chi connectivity index (χ3v) is 3.83. The second-order valence-electron chi connectivity index (χ2n) is 5.54. The number of aliphatic hydroxyl groups excluding tert-OH is 1. The number of anilines is 1.